The second-order valence-corrected chi connectivity index (χ2v) is 7.99. The summed E-state index contributed by atoms with van der Waals surface area (Å²) in [4.78, 5) is 13.8. The first-order valence-corrected chi connectivity index (χ1v) is 8.85. The largest absolute Gasteiger partial charge is 0.353 e. The maximum atomic E-state index is 11.9. The first-order valence-electron chi connectivity index (χ1n) is 6.52. The lowest BCUT2D eigenvalue weighted by atomic mass is 10.1. The molecule has 2 atom stereocenters. The third-order valence-corrected chi connectivity index (χ3v) is 5.21. The molecule has 0 spiro atoms. The molecule has 0 aliphatic heterocycles. The second kappa shape index (κ2) is 7.24. The van der Waals surface area contributed by atoms with E-state index >= 15 is 0 Å². The van der Waals surface area contributed by atoms with Gasteiger partial charge in [-0.2, -0.15) is 0 Å². The highest BCUT2D eigenvalue weighted by Crippen LogP contribution is 2.25. The van der Waals surface area contributed by atoms with E-state index in [1.54, 1.807) is 6.07 Å². The Morgan fingerprint density at radius 3 is 2.38 bits per heavy atom. The van der Waals surface area contributed by atoms with Gasteiger partial charge in [0.2, 0.25) is 5.91 Å². The van der Waals surface area contributed by atoms with Gasteiger partial charge in [0, 0.05) is 17.8 Å². The van der Waals surface area contributed by atoms with E-state index in [9.17, 15) is 13.2 Å². The fourth-order valence-electron chi connectivity index (χ4n) is 1.85. The Labute approximate surface area is 131 Å². The quantitative estimate of drug-likeness (QED) is 0.857. The predicted molar refractivity (Wildman–Crippen MR) is 85.2 cm³/mol. The monoisotopic (exact) mass is 332 g/mol. The van der Waals surface area contributed by atoms with Gasteiger partial charge in [-0.05, 0) is 32.6 Å². The Kier molecular flexibility index (Phi) is 6.19. The number of rotatable bonds is 6. The molecule has 0 bridgehead atoms. The fraction of sp³-hybridized carbons (Fsp3) is 0.500. The van der Waals surface area contributed by atoms with Gasteiger partial charge >= 0.3 is 0 Å². The average Bonchev–Trinajstić information content (AvgIpc) is 2.38. The Morgan fingerprint density at radius 2 is 1.90 bits per heavy atom. The lowest BCUT2D eigenvalue weighted by Gasteiger charge is -2.26. The van der Waals surface area contributed by atoms with Crippen LogP contribution in [0, 0.1) is 0 Å². The molecule has 0 unspecified atom stereocenters. The van der Waals surface area contributed by atoms with Crippen molar-refractivity contribution in [2.24, 2.45) is 0 Å². The van der Waals surface area contributed by atoms with E-state index in [0.29, 0.717) is 5.02 Å². The minimum absolute atomic E-state index is 0.130. The zero-order valence-corrected chi connectivity index (χ0v) is 14.2. The molecule has 0 saturated carbocycles. The van der Waals surface area contributed by atoms with Crippen LogP contribution in [0.4, 0.5) is 0 Å². The standard InChI is InChI=1S/C14H21ClN2O3S/c1-10(21(4,19)20)14(18)16-9-13(17(2)3)11-7-5-6-8-12(11)15/h5-8,10,13H,9H2,1-4H3,(H,16,18)/t10-,13-/m1/s1. The van der Waals surface area contributed by atoms with E-state index in [2.05, 4.69) is 5.32 Å². The van der Waals surface area contributed by atoms with Crippen LogP contribution in [0.2, 0.25) is 5.02 Å². The van der Waals surface area contributed by atoms with Crippen molar-refractivity contribution in [3.63, 3.8) is 0 Å². The van der Waals surface area contributed by atoms with Crippen LogP contribution in [0.15, 0.2) is 24.3 Å². The van der Waals surface area contributed by atoms with Crippen molar-refractivity contribution in [3.05, 3.63) is 34.9 Å². The number of hydrogen-bond acceptors (Lipinski definition) is 4. The number of hydrogen-bond donors (Lipinski definition) is 1. The van der Waals surface area contributed by atoms with Crippen molar-refractivity contribution in [1.29, 1.82) is 0 Å². The summed E-state index contributed by atoms with van der Waals surface area (Å²) in [7, 11) is 0.356. The van der Waals surface area contributed by atoms with Crippen molar-refractivity contribution in [3.8, 4) is 0 Å². The highest BCUT2D eigenvalue weighted by Gasteiger charge is 2.25. The summed E-state index contributed by atoms with van der Waals surface area (Å²) in [6, 6.07) is 7.25. The second-order valence-electron chi connectivity index (χ2n) is 5.22. The van der Waals surface area contributed by atoms with Crippen molar-refractivity contribution in [1.82, 2.24) is 10.2 Å². The summed E-state index contributed by atoms with van der Waals surface area (Å²) in [5, 5.41) is 2.23. The van der Waals surface area contributed by atoms with Gasteiger partial charge in [0.25, 0.3) is 0 Å². The SMILES string of the molecule is C[C@H](C(=O)NC[C@H](c1ccccc1Cl)N(C)C)S(C)(=O)=O. The summed E-state index contributed by atoms with van der Waals surface area (Å²) >= 11 is 6.18. The van der Waals surface area contributed by atoms with E-state index in [1.807, 2.05) is 37.2 Å². The molecule has 7 heteroatoms. The lowest BCUT2D eigenvalue weighted by Crippen LogP contribution is -2.41. The number of sulfone groups is 1. The third kappa shape index (κ3) is 4.98. The third-order valence-electron chi connectivity index (χ3n) is 3.37. The molecule has 0 heterocycles. The molecular weight excluding hydrogens is 312 g/mol. The molecule has 1 N–H and O–H groups in total. The molecule has 5 nitrogen and oxygen atoms in total. The van der Waals surface area contributed by atoms with Gasteiger partial charge in [-0.1, -0.05) is 29.8 Å². The molecule has 1 rings (SSSR count). The summed E-state index contributed by atoms with van der Waals surface area (Å²) in [5.41, 5.74) is 0.886. The number of nitrogens with one attached hydrogen (secondary N) is 1. The molecule has 1 aromatic carbocycles. The fourth-order valence-corrected chi connectivity index (χ4v) is 2.59. The van der Waals surface area contributed by atoms with E-state index in [1.165, 1.54) is 6.92 Å². The minimum atomic E-state index is -3.39. The Bertz CT molecular complexity index is 602. The molecule has 0 radical (unpaired) electrons. The topological polar surface area (TPSA) is 66.5 Å². The highest BCUT2D eigenvalue weighted by molar-refractivity contribution is 7.92. The maximum absolute atomic E-state index is 11.9. The number of carbonyl (C=O) groups excluding carboxylic acids is 1. The van der Waals surface area contributed by atoms with Crippen LogP contribution < -0.4 is 5.32 Å². The van der Waals surface area contributed by atoms with Gasteiger partial charge in [-0.3, -0.25) is 4.79 Å². The summed E-state index contributed by atoms with van der Waals surface area (Å²) in [6.07, 6.45) is 1.05. The van der Waals surface area contributed by atoms with Gasteiger partial charge in [-0.25, -0.2) is 8.42 Å². The molecule has 118 valence electrons. The molecule has 0 aromatic heterocycles. The molecule has 0 aliphatic rings. The van der Waals surface area contributed by atoms with Crippen LogP contribution in [-0.4, -0.2) is 51.4 Å². The summed E-state index contributed by atoms with van der Waals surface area (Å²) in [5.74, 6) is -0.503. The van der Waals surface area contributed by atoms with Crippen LogP contribution in [0.3, 0.4) is 0 Å². The molecule has 21 heavy (non-hydrogen) atoms. The molecule has 1 amide bonds. The van der Waals surface area contributed by atoms with Crippen molar-refractivity contribution in [2.75, 3.05) is 26.9 Å². The molecule has 1 aromatic rings. The number of likely N-dealkylation sites (N-methyl/N-ethyl adjacent to an activating group) is 1. The minimum Gasteiger partial charge on any atom is -0.353 e. The first kappa shape index (κ1) is 17.9. The first-order chi connectivity index (χ1) is 9.64. The van der Waals surface area contributed by atoms with Gasteiger partial charge in [-0.15, -0.1) is 0 Å². The van der Waals surface area contributed by atoms with Crippen LogP contribution in [0.5, 0.6) is 0 Å². The zero-order valence-electron chi connectivity index (χ0n) is 12.6. The van der Waals surface area contributed by atoms with Gasteiger partial charge in [0.05, 0.1) is 6.04 Å². The Hall–Kier alpha value is -1.11. The number of amides is 1. The average molecular weight is 333 g/mol. The van der Waals surface area contributed by atoms with E-state index in [0.717, 1.165) is 11.8 Å². The lowest BCUT2D eigenvalue weighted by molar-refractivity contribution is -0.120. The maximum Gasteiger partial charge on any atom is 0.238 e. The van der Waals surface area contributed by atoms with Crippen molar-refractivity contribution in [2.45, 2.75) is 18.2 Å². The molecular formula is C14H21ClN2O3S. The molecule has 0 aliphatic carbocycles. The van der Waals surface area contributed by atoms with E-state index in [4.69, 9.17) is 11.6 Å². The summed E-state index contributed by atoms with van der Waals surface area (Å²) < 4.78 is 22.8. The van der Waals surface area contributed by atoms with Gasteiger partial charge < -0.3 is 10.2 Å². The van der Waals surface area contributed by atoms with E-state index < -0.39 is 21.0 Å². The number of halogens is 1. The highest BCUT2D eigenvalue weighted by atomic mass is 35.5. The number of benzene rings is 1. The van der Waals surface area contributed by atoms with Crippen molar-refractivity contribution >= 4 is 27.3 Å². The zero-order chi connectivity index (χ0) is 16.2. The van der Waals surface area contributed by atoms with Crippen molar-refractivity contribution < 1.29 is 13.2 Å². The van der Waals surface area contributed by atoms with Gasteiger partial charge in [0.15, 0.2) is 9.84 Å². The Balaban J connectivity index is 2.83. The van der Waals surface area contributed by atoms with Crippen LogP contribution in [0.1, 0.15) is 18.5 Å². The number of nitrogens with zero attached hydrogens (tertiary/aromatic N) is 1. The van der Waals surface area contributed by atoms with Crippen LogP contribution in [-0.2, 0) is 14.6 Å². The van der Waals surface area contributed by atoms with Gasteiger partial charge in [0.1, 0.15) is 5.25 Å². The smallest absolute Gasteiger partial charge is 0.238 e. The number of carbonyl (C=O) groups is 1. The Morgan fingerprint density at radius 1 is 1.33 bits per heavy atom. The normalized spacial score (nSPS) is 14.8. The molecule has 0 saturated heterocycles. The van der Waals surface area contributed by atoms with Crippen LogP contribution >= 0.6 is 11.6 Å². The predicted octanol–water partition coefficient (Wildman–Crippen LogP) is 1.49. The molecule has 0 fully saturated rings. The van der Waals surface area contributed by atoms with Crippen LogP contribution in [0.25, 0.3) is 0 Å². The summed E-state index contributed by atoms with van der Waals surface area (Å²) in [6.45, 7) is 1.67. The van der Waals surface area contributed by atoms with E-state index in [-0.39, 0.29) is 12.6 Å².